The lowest BCUT2D eigenvalue weighted by molar-refractivity contribution is 0.603. The van der Waals surface area contributed by atoms with Crippen molar-refractivity contribution in [2.45, 2.75) is 14.3 Å². The van der Waals surface area contributed by atoms with Gasteiger partial charge in [0.15, 0.2) is 5.16 Å². The van der Waals surface area contributed by atoms with Gasteiger partial charge in [-0.1, -0.05) is 17.8 Å². The fourth-order valence-electron chi connectivity index (χ4n) is 1.77. The number of hydrogen-bond acceptors (Lipinski definition) is 5. The summed E-state index contributed by atoms with van der Waals surface area (Å²) in [6.07, 6.45) is 3.62. The molecule has 0 amide bonds. The number of hydrogen-bond donors (Lipinski definition) is 1. The Bertz CT molecular complexity index is 853. The molecule has 114 valence electrons. The van der Waals surface area contributed by atoms with Crippen molar-refractivity contribution in [1.82, 2.24) is 9.55 Å². The maximum absolute atomic E-state index is 12.1. The fraction of sp³-hybridized carbons (Fsp3) is 0.0714. The topological polar surface area (TPSA) is 64.0 Å². The Labute approximate surface area is 137 Å². The minimum absolute atomic E-state index is 0.305. The van der Waals surface area contributed by atoms with E-state index in [0.29, 0.717) is 9.90 Å². The summed E-state index contributed by atoms with van der Waals surface area (Å²) in [4.78, 5) is 5.24. The van der Waals surface area contributed by atoms with Crippen molar-refractivity contribution < 1.29 is 8.42 Å². The summed E-state index contributed by atoms with van der Waals surface area (Å²) < 4.78 is 29.1. The zero-order valence-corrected chi connectivity index (χ0v) is 14.1. The van der Waals surface area contributed by atoms with Crippen LogP contribution in [0.3, 0.4) is 0 Å². The number of aryl methyl sites for hydroxylation is 1. The van der Waals surface area contributed by atoms with Gasteiger partial charge < -0.3 is 4.57 Å². The molecule has 2 aromatic heterocycles. The lowest BCUT2D eigenvalue weighted by atomic mass is 10.3. The van der Waals surface area contributed by atoms with Crippen molar-refractivity contribution in [2.75, 3.05) is 4.72 Å². The number of rotatable bonds is 5. The molecule has 5 nitrogen and oxygen atoms in total. The van der Waals surface area contributed by atoms with E-state index in [4.69, 9.17) is 0 Å². The van der Waals surface area contributed by atoms with Crippen molar-refractivity contribution in [3.05, 3.63) is 54.2 Å². The second-order valence-electron chi connectivity index (χ2n) is 4.48. The number of thiophene rings is 1. The van der Waals surface area contributed by atoms with Crippen molar-refractivity contribution in [3.63, 3.8) is 0 Å². The van der Waals surface area contributed by atoms with E-state index in [9.17, 15) is 8.42 Å². The molecular weight excluding hydrogens is 338 g/mol. The van der Waals surface area contributed by atoms with Gasteiger partial charge in [-0.25, -0.2) is 13.4 Å². The van der Waals surface area contributed by atoms with E-state index in [-0.39, 0.29) is 0 Å². The van der Waals surface area contributed by atoms with Crippen LogP contribution >= 0.6 is 23.1 Å². The maximum Gasteiger partial charge on any atom is 0.271 e. The molecule has 0 spiro atoms. The van der Waals surface area contributed by atoms with Gasteiger partial charge in [0.25, 0.3) is 10.0 Å². The molecule has 0 aliphatic carbocycles. The Morgan fingerprint density at radius 3 is 2.59 bits per heavy atom. The largest absolute Gasteiger partial charge is 0.329 e. The third-order valence-corrected chi connectivity index (χ3v) is 6.72. The molecule has 0 radical (unpaired) electrons. The molecule has 0 unspecified atom stereocenters. The van der Waals surface area contributed by atoms with Crippen molar-refractivity contribution in [2.24, 2.45) is 7.05 Å². The third kappa shape index (κ3) is 3.34. The summed E-state index contributed by atoms with van der Waals surface area (Å²) in [6.45, 7) is 0. The van der Waals surface area contributed by atoms with Gasteiger partial charge in [-0.2, -0.15) is 0 Å². The number of nitrogens with one attached hydrogen (secondary N) is 1. The van der Waals surface area contributed by atoms with Crippen LogP contribution in [0.1, 0.15) is 0 Å². The van der Waals surface area contributed by atoms with Gasteiger partial charge in [0.2, 0.25) is 0 Å². The van der Waals surface area contributed by atoms with Crippen LogP contribution in [0.4, 0.5) is 5.69 Å². The average molecular weight is 351 g/mol. The highest BCUT2D eigenvalue weighted by Gasteiger charge is 2.15. The number of benzene rings is 1. The summed E-state index contributed by atoms with van der Waals surface area (Å²) in [6, 6.07) is 10.5. The van der Waals surface area contributed by atoms with E-state index in [0.717, 1.165) is 10.1 Å². The number of sulfonamides is 1. The summed E-state index contributed by atoms with van der Waals surface area (Å²) in [5.41, 5.74) is 0.539. The summed E-state index contributed by atoms with van der Waals surface area (Å²) in [7, 11) is -1.56. The fourth-order valence-corrected chi connectivity index (χ4v) is 4.62. The average Bonchev–Trinajstić information content (AvgIpc) is 3.14. The van der Waals surface area contributed by atoms with Crippen LogP contribution in [-0.4, -0.2) is 18.0 Å². The summed E-state index contributed by atoms with van der Waals surface area (Å²) >= 11 is 2.71. The molecule has 0 atom stereocenters. The number of imidazole rings is 1. The predicted octanol–water partition coefficient (Wildman–Crippen LogP) is 3.43. The smallest absolute Gasteiger partial charge is 0.271 e. The van der Waals surface area contributed by atoms with Gasteiger partial charge in [-0.15, -0.1) is 11.3 Å². The molecule has 2 heterocycles. The van der Waals surface area contributed by atoms with Crippen molar-refractivity contribution in [1.29, 1.82) is 0 Å². The molecule has 0 aliphatic rings. The predicted molar refractivity (Wildman–Crippen MR) is 88.9 cm³/mol. The molecule has 0 aliphatic heterocycles. The second-order valence-corrected chi connectivity index (χ2v) is 8.38. The molecule has 0 saturated carbocycles. The van der Waals surface area contributed by atoms with E-state index in [2.05, 4.69) is 9.71 Å². The molecule has 0 saturated heterocycles. The van der Waals surface area contributed by atoms with Crippen LogP contribution in [-0.2, 0) is 17.1 Å². The molecule has 1 N–H and O–H groups in total. The van der Waals surface area contributed by atoms with Crippen LogP contribution in [0.15, 0.2) is 68.4 Å². The maximum atomic E-state index is 12.1. The van der Waals surface area contributed by atoms with Crippen molar-refractivity contribution in [3.8, 4) is 0 Å². The first-order valence-electron chi connectivity index (χ1n) is 6.36. The Hall–Kier alpha value is -1.77. The first kappa shape index (κ1) is 15.1. The lowest BCUT2D eigenvalue weighted by Crippen LogP contribution is -2.11. The van der Waals surface area contributed by atoms with Crippen LogP contribution in [0.25, 0.3) is 0 Å². The van der Waals surface area contributed by atoms with Crippen LogP contribution in [0.2, 0.25) is 0 Å². The molecule has 0 fully saturated rings. The van der Waals surface area contributed by atoms with E-state index >= 15 is 0 Å². The highest BCUT2D eigenvalue weighted by molar-refractivity contribution is 7.99. The van der Waals surface area contributed by atoms with E-state index in [1.807, 2.05) is 29.9 Å². The molecular formula is C14H13N3O2S3. The molecule has 8 heteroatoms. The standard InChI is InChI=1S/C14H13N3O2S3/c1-17-9-8-15-14(17)21-12-6-4-11(5-7-12)16-22(18,19)13-3-2-10-20-13/h2-10,16H,1H3. The first-order chi connectivity index (χ1) is 10.5. The Morgan fingerprint density at radius 2 is 2.00 bits per heavy atom. The highest BCUT2D eigenvalue weighted by Crippen LogP contribution is 2.27. The highest BCUT2D eigenvalue weighted by atomic mass is 32.2. The molecule has 3 rings (SSSR count). The molecule has 3 aromatic rings. The quantitative estimate of drug-likeness (QED) is 0.765. The molecule has 22 heavy (non-hydrogen) atoms. The lowest BCUT2D eigenvalue weighted by Gasteiger charge is -2.07. The van der Waals surface area contributed by atoms with Crippen LogP contribution in [0.5, 0.6) is 0 Å². The third-order valence-electron chi connectivity index (χ3n) is 2.85. The van der Waals surface area contributed by atoms with E-state index in [1.165, 1.54) is 23.1 Å². The SMILES string of the molecule is Cn1ccnc1Sc1ccc(NS(=O)(=O)c2cccs2)cc1. The Morgan fingerprint density at radius 1 is 1.23 bits per heavy atom. The second kappa shape index (κ2) is 6.15. The zero-order chi connectivity index (χ0) is 15.6. The molecule has 1 aromatic carbocycles. The zero-order valence-electron chi connectivity index (χ0n) is 11.6. The number of anilines is 1. The van der Waals surface area contributed by atoms with Gasteiger partial charge in [-0.05, 0) is 35.7 Å². The van der Waals surface area contributed by atoms with Gasteiger partial charge in [0.05, 0.1) is 0 Å². The molecule has 0 bridgehead atoms. The normalized spacial score (nSPS) is 11.5. The minimum Gasteiger partial charge on any atom is -0.329 e. The Balaban J connectivity index is 1.73. The van der Waals surface area contributed by atoms with Crippen LogP contribution in [0, 0.1) is 0 Å². The van der Waals surface area contributed by atoms with E-state index in [1.54, 1.807) is 35.8 Å². The van der Waals surface area contributed by atoms with Gasteiger partial charge in [0, 0.05) is 30.0 Å². The van der Waals surface area contributed by atoms with Gasteiger partial charge in [-0.3, -0.25) is 4.72 Å². The van der Waals surface area contributed by atoms with Gasteiger partial charge in [0.1, 0.15) is 4.21 Å². The first-order valence-corrected chi connectivity index (χ1v) is 9.54. The Kier molecular flexibility index (Phi) is 4.23. The minimum atomic E-state index is -3.49. The summed E-state index contributed by atoms with van der Waals surface area (Å²) in [5, 5.41) is 2.62. The van der Waals surface area contributed by atoms with Crippen molar-refractivity contribution >= 4 is 38.8 Å². The van der Waals surface area contributed by atoms with Gasteiger partial charge >= 0.3 is 0 Å². The monoisotopic (exact) mass is 351 g/mol. The summed E-state index contributed by atoms with van der Waals surface area (Å²) in [5.74, 6) is 0. The van der Waals surface area contributed by atoms with E-state index < -0.39 is 10.0 Å². The number of aromatic nitrogens is 2. The van der Waals surface area contributed by atoms with Crippen LogP contribution < -0.4 is 4.72 Å². The number of nitrogens with zero attached hydrogens (tertiary/aromatic N) is 2.